The van der Waals surface area contributed by atoms with Crippen LogP contribution in [0.1, 0.15) is 96.8 Å². The Morgan fingerprint density at radius 1 is 0.826 bits per heavy atom. The molecule has 23 heavy (non-hydrogen) atoms. The number of unbranched alkanes of at least 4 members (excludes halogenated alkanes) is 9. The van der Waals surface area contributed by atoms with E-state index >= 15 is 0 Å². The van der Waals surface area contributed by atoms with E-state index in [1.807, 2.05) is 0 Å². The van der Waals surface area contributed by atoms with Crippen molar-refractivity contribution in [1.82, 2.24) is 0 Å². The van der Waals surface area contributed by atoms with Crippen molar-refractivity contribution in [2.24, 2.45) is 5.41 Å². The maximum Gasteiger partial charge on any atom is 0.132 e. The molecule has 1 heterocycles. The number of halogens is 1. The number of Topliss-reactive ketones (excluding diaryl/α,β-unsaturated/α-hetero) is 1. The first-order valence-electron chi connectivity index (χ1n) is 9.82. The Labute approximate surface area is 152 Å². The van der Waals surface area contributed by atoms with E-state index in [0.717, 1.165) is 44.2 Å². The Morgan fingerprint density at radius 3 is 1.78 bits per heavy atom. The summed E-state index contributed by atoms with van der Waals surface area (Å²) in [5.41, 5.74) is 0.510. The molecule has 0 N–H and O–H groups in total. The minimum atomic E-state index is 0.451. The van der Waals surface area contributed by atoms with Gasteiger partial charge in [-0.25, -0.2) is 0 Å². The molecule has 0 aromatic heterocycles. The van der Waals surface area contributed by atoms with E-state index in [2.05, 4.69) is 22.9 Å². The molecule has 0 amide bonds. The molecule has 0 bridgehead atoms. The third kappa shape index (κ3) is 11.3. The van der Waals surface area contributed by atoms with Crippen molar-refractivity contribution in [2.75, 3.05) is 18.5 Å². The number of rotatable bonds is 16. The van der Waals surface area contributed by atoms with Crippen LogP contribution in [-0.4, -0.2) is 24.3 Å². The van der Waals surface area contributed by atoms with Crippen LogP contribution in [0.4, 0.5) is 0 Å². The molecular formula is C20H37BrO2. The van der Waals surface area contributed by atoms with Gasteiger partial charge in [0, 0.05) is 23.6 Å². The molecule has 0 spiro atoms. The summed E-state index contributed by atoms with van der Waals surface area (Å²) in [5.74, 6) is 0.451. The number of carbonyl (C=O) groups excluding carboxylic acids is 1. The summed E-state index contributed by atoms with van der Waals surface area (Å²) in [4.78, 5) is 11.5. The van der Waals surface area contributed by atoms with Crippen LogP contribution in [0.25, 0.3) is 0 Å². The molecule has 136 valence electrons. The lowest BCUT2D eigenvalue weighted by Crippen LogP contribution is -2.39. The van der Waals surface area contributed by atoms with Crippen molar-refractivity contribution in [3.8, 4) is 0 Å². The molecule has 1 rings (SSSR count). The van der Waals surface area contributed by atoms with Crippen molar-refractivity contribution in [3.05, 3.63) is 0 Å². The summed E-state index contributed by atoms with van der Waals surface area (Å²) in [6.07, 6.45) is 17.3. The van der Waals surface area contributed by atoms with E-state index < -0.39 is 0 Å². The second kappa shape index (κ2) is 13.4. The fraction of sp³-hybridized carbons (Fsp3) is 0.950. The summed E-state index contributed by atoms with van der Waals surface area (Å²) in [5, 5.41) is 0.951. The molecule has 1 aliphatic rings. The van der Waals surface area contributed by atoms with Crippen LogP contribution in [0.5, 0.6) is 0 Å². The third-order valence-electron chi connectivity index (χ3n) is 4.98. The molecule has 1 aliphatic heterocycles. The van der Waals surface area contributed by atoms with Crippen LogP contribution in [0.3, 0.4) is 0 Å². The fourth-order valence-corrected chi connectivity index (χ4v) is 3.55. The summed E-state index contributed by atoms with van der Waals surface area (Å²) < 4.78 is 5.30. The molecule has 0 aromatic rings. The average molecular weight is 389 g/mol. The van der Waals surface area contributed by atoms with Gasteiger partial charge in [0.2, 0.25) is 0 Å². The van der Waals surface area contributed by atoms with Gasteiger partial charge in [0.15, 0.2) is 0 Å². The molecule has 3 heteroatoms. The highest BCUT2D eigenvalue weighted by molar-refractivity contribution is 9.09. The van der Waals surface area contributed by atoms with Crippen LogP contribution >= 0.6 is 15.9 Å². The summed E-state index contributed by atoms with van der Waals surface area (Å²) >= 11 is 3.37. The predicted octanol–water partition coefficient (Wildman–Crippen LogP) is 6.45. The highest BCUT2D eigenvalue weighted by Crippen LogP contribution is 2.32. The summed E-state index contributed by atoms with van der Waals surface area (Å²) in [7, 11) is 0. The van der Waals surface area contributed by atoms with Crippen molar-refractivity contribution in [1.29, 1.82) is 0 Å². The zero-order valence-corrected chi connectivity index (χ0v) is 16.8. The van der Waals surface area contributed by atoms with Gasteiger partial charge in [0.05, 0.1) is 13.2 Å². The number of alkyl halides is 1. The molecule has 0 saturated carbocycles. The van der Waals surface area contributed by atoms with Gasteiger partial charge in [-0.3, -0.25) is 4.79 Å². The quantitative estimate of drug-likeness (QED) is 0.224. The third-order valence-corrected chi connectivity index (χ3v) is 5.54. The second-order valence-electron chi connectivity index (χ2n) is 7.67. The lowest BCUT2D eigenvalue weighted by Gasteiger charge is -2.38. The Morgan fingerprint density at radius 2 is 1.30 bits per heavy atom. The van der Waals surface area contributed by atoms with Crippen molar-refractivity contribution >= 4 is 21.7 Å². The zero-order chi connectivity index (χ0) is 16.8. The second-order valence-corrected chi connectivity index (χ2v) is 8.46. The van der Waals surface area contributed by atoms with Gasteiger partial charge in [-0.05, 0) is 19.3 Å². The molecule has 0 radical (unpaired) electrons. The van der Waals surface area contributed by atoms with E-state index in [0.29, 0.717) is 11.2 Å². The van der Waals surface area contributed by atoms with Crippen molar-refractivity contribution in [3.63, 3.8) is 0 Å². The first-order chi connectivity index (χ1) is 11.2. The topological polar surface area (TPSA) is 26.3 Å². The number of hydrogen-bond donors (Lipinski definition) is 0. The number of ether oxygens (including phenoxy) is 1. The average Bonchev–Trinajstić information content (AvgIpc) is 2.52. The smallest absolute Gasteiger partial charge is 0.132 e. The van der Waals surface area contributed by atoms with Crippen molar-refractivity contribution in [2.45, 2.75) is 96.8 Å². The first-order valence-corrected chi connectivity index (χ1v) is 10.9. The van der Waals surface area contributed by atoms with Gasteiger partial charge in [-0.15, -0.1) is 0 Å². The fourth-order valence-electron chi connectivity index (χ4n) is 3.27. The normalized spacial score (nSPS) is 16.3. The van der Waals surface area contributed by atoms with E-state index in [1.165, 1.54) is 64.2 Å². The minimum absolute atomic E-state index is 0.451. The Bertz CT molecular complexity index is 300. The molecule has 1 fully saturated rings. The van der Waals surface area contributed by atoms with E-state index in [4.69, 9.17) is 4.74 Å². The molecule has 0 aliphatic carbocycles. The lowest BCUT2D eigenvalue weighted by atomic mass is 9.83. The van der Waals surface area contributed by atoms with Crippen LogP contribution in [0.15, 0.2) is 0 Å². The molecule has 0 atom stereocenters. The van der Waals surface area contributed by atoms with Gasteiger partial charge in [-0.1, -0.05) is 80.6 Å². The highest BCUT2D eigenvalue weighted by atomic mass is 79.9. The maximum absolute atomic E-state index is 11.5. The van der Waals surface area contributed by atoms with Crippen molar-refractivity contribution < 1.29 is 9.53 Å². The van der Waals surface area contributed by atoms with E-state index in [-0.39, 0.29) is 0 Å². The minimum Gasteiger partial charge on any atom is -0.380 e. The van der Waals surface area contributed by atoms with Crippen LogP contribution in [0.2, 0.25) is 0 Å². The monoisotopic (exact) mass is 388 g/mol. The van der Waals surface area contributed by atoms with Gasteiger partial charge >= 0.3 is 0 Å². The number of hydrogen-bond acceptors (Lipinski definition) is 2. The molecule has 0 aromatic carbocycles. The van der Waals surface area contributed by atoms with Gasteiger partial charge in [0.1, 0.15) is 5.78 Å². The Balaban J connectivity index is 1.72. The summed E-state index contributed by atoms with van der Waals surface area (Å²) in [6.45, 7) is 4.32. The maximum atomic E-state index is 11.5. The van der Waals surface area contributed by atoms with Crippen LogP contribution < -0.4 is 0 Å². The largest absolute Gasteiger partial charge is 0.380 e. The number of ketones is 1. The summed E-state index contributed by atoms with van der Waals surface area (Å²) in [6, 6.07) is 0. The molecule has 2 nitrogen and oxygen atoms in total. The highest BCUT2D eigenvalue weighted by Gasteiger charge is 2.32. The van der Waals surface area contributed by atoms with E-state index in [1.54, 1.807) is 0 Å². The van der Waals surface area contributed by atoms with Gasteiger partial charge in [0.25, 0.3) is 0 Å². The number of carbonyl (C=O) groups is 1. The van der Waals surface area contributed by atoms with Gasteiger partial charge in [-0.2, -0.15) is 0 Å². The SMILES string of the molecule is CC1(CCCCCCCCCCCCC(=O)CCCBr)COC1. The Kier molecular flexibility index (Phi) is 12.3. The van der Waals surface area contributed by atoms with Crippen LogP contribution in [-0.2, 0) is 9.53 Å². The molecule has 1 saturated heterocycles. The predicted molar refractivity (Wildman–Crippen MR) is 102 cm³/mol. The van der Waals surface area contributed by atoms with Gasteiger partial charge < -0.3 is 4.74 Å². The Hall–Kier alpha value is 0.110. The lowest BCUT2D eigenvalue weighted by molar-refractivity contribution is -0.119. The van der Waals surface area contributed by atoms with Crippen LogP contribution in [0, 0.1) is 5.41 Å². The first kappa shape index (κ1) is 21.2. The van der Waals surface area contributed by atoms with E-state index in [9.17, 15) is 4.79 Å². The zero-order valence-electron chi connectivity index (χ0n) is 15.2. The standard InChI is InChI=1S/C20H37BrO2/c1-20(17-23-18-20)15-11-9-7-5-3-2-4-6-8-10-13-19(22)14-12-16-21/h2-18H2,1H3. The molecular weight excluding hydrogens is 352 g/mol. The molecule has 0 unspecified atom stereocenters.